The molecule has 0 radical (unpaired) electrons. The molecule has 1 atom stereocenters. The first-order valence-electron chi connectivity index (χ1n) is 5.71. The highest BCUT2D eigenvalue weighted by molar-refractivity contribution is 7.98. The Morgan fingerprint density at radius 2 is 2.17 bits per heavy atom. The summed E-state index contributed by atoms with van der Waals surface area (Å²) in [6, 6.07) is 3.14. The van der Waals surface area contributed by atoms with Crippen molar-refractivity contribution in [2.24, 2.45) is 5.92 Å². The van der Waals surface area contributed by atoms with Crippen molar-refractivity contribution in [3.63, 3.8) is 0 Å². The van der Waals surface area contributed by atoms with E-state index in [9.17, 15) is 8.42 Å². The van der Waals surface area contributed by atoms with Crippen LogP contribution in [-0.4, -0.2) is 34.0 Å². The fourth-order valence-electron chi connectivity index (χ4n) is 1.48. The molecule has 0 aromatic carbocycles. The van der Waals surface area contributed by atoms with Crippen molar-refractivity contribution in [3.05, 3.63) is 17.9 Å². The lowest BCUT2D eigenvalue weighted by Gasteiger charge is -2.09. The number of thioether (sulfide) groups is 1. The van der Waals surface area contributed by atoms with Crippen LogP contribution in [0.1, 0.15) is 12.7 Å². The zero-order valence-electron chi connectivity index (χ0n) is 10.9. The molecule has 0 fully saturated rings. The van der Waals surface area contributed by atoms with Crippen molar-refractivity contribution in [2.75, 3.05) is 25.6 Å². The van der Waals surface area contributed by atoms with Gasteiger partial charge in [-0.15, -0.1) is 0 Å². The second-order valence-electron chi connectivity index (χ2n) is 4.12. The lowest BCUT2D eigenvalue weighted by molar-refractivity contribution is 0.396. The Morgan fingerprint density at radius 3 is 2.78 bits per heavy atom. The molecule has 1 rings (SSSR count). The Morgan fingerprint density at radius 1 is 1.44 bits per heavy atom. The summed E-state index contributed by atoms with van der Waals surface area (Å²) in [4.78, 5) is 0. The SMILES string of the molecule is CNS(=O)(=O)c1ccc(CNCC(C)CSC)o1. The number of rotatable bonds is 8. The van der Waals surface area contributed by atoms with E-state index in [-0.39, 0.29) is 5.09 Å². The van der Waals surface area contributed by atoms with Crippen molar-refractivity contribution in [2.45, 2.75) is 18.6 Å². The van der Waals surface area contributed by atoms with Crippen molar-refractivity contribution in [1.82, 2.24) is 10.0 Å². The summed E-state index contributed by atoms with van der Waals surface area (Å²) in [6.07, 6.45) is 2.08. The van der Waals surface area contributed by atoms with E-state index in [1.165, 1.54) is 13.1 Å². The van der Waals surface area contributed by atoms with Crippen LogP contribution in [0, 0.1) is 5.92 Å². The van der Waals surface area contributed by atoms with Gasteiger partial charge in [-0.2, -0.15) is 11.8 Å². The number of furan rings is 1. The molecule has 0 aliphatic carbocycles. The van der Waals surface area contributed by atoms with Crippen LogP contribution in [0.2, 0.25) is 0 Å². The minimum atomic E-state index is -3.48. The highest BCUT2D eigenvalue weighted by Crippen LogP contribution is 2.13. The van der Waals surface area contributed by atoms with Crippen molar-refractivity contribution in [3.8, 4) is 0 Å². The average Bonchev–Trinajstić information content (AvgIpc) is 2.79. The Bertz CT molecular complexity index is 457. The summed E-state index contributed by atoms with van der Waals surface area (Å²) in [5.41, 5.74) is 0. The molecule has 5 nitrogen and oxygen atoms in total. The van der Waals surface area contributed by atoms with Crippen molar-refractivity contribution in [1.29, 1.82) is 0 Å². The maximum Gasteiger partial charge on any atom is 0.273 e. The van der Waals surface area contributed by atoms with Crippen LogP contribution in [0.4, 0.5) is 0 Å². The largest absolute Gasteiger partial charge is 0.447 e. The molecule has 0 spiro atoms. The fourth-order valence-corrected chi connectivity index (χ4v) is 2.84. The van der Waals surface area contributed by atoms with Crippen LogP contribution in [0.15, 0.2) is 21.6 Å². The summed E-state index contributed by atoms with van der Waals surface area (Å²) in [7, 11) is -2.11. The van der Waals surface area contributed by atoms with Crippen LogP contribution in [0.5, 0.6) is 0 Å². The third kappa shape index (κ3) is 4.64. The van der Waals surface area contributed by atoms with E-state index < -0.39 is 10.0 Å². The maximum absolute atomic E-state index is 11.5. The van der Waals surface area contributed by atoms with Gasteiger partial charge in [0.15, 0.2) is 0 Å². The zero-order chi connectivity index (χ0) is 13.6. The van der Waals surface area contributed by atoms with Gasteiger partial charge in [-0.3, -0.25) is 0 Å². The first-order valence-corrected chi connectivity index (χ1v) is 8.59. The van der Waals surface area contributed by atoms with Gasteiger partial charge in [-0.1, -0.05) is 6.92 Å². The molecule has 7 heteroatoms. The molecule has 1 heterocycles. The number of sulfonamides is 1. The van der Waals surface area contributed by atoms with Gasteiger partial charge in [0.25, 0.3) is 10.0 Å². The molecule has 0 saturated carbocycles. The van der Waals surface area contributed by atoms with Gasteiger partial charge in [0, 0.05) is 0 Å². The summed E-state index contributed by atoms with van der Waals surface area (Å²) in [6.45, 7) is 3.59. The van der Waals surface area contributed by atoms with Crippen LogP contribution in [0.25, 0.3) is 0 Å². The van der Waals surface area contributed by atoms with Crippen LogP contribution < -0.4 is 10.0 Å². The topological polar surface area (TPSA) is 71.3 Å². The molecule has 104 valence electrons. The van der Waals surface area contributed by atoms with Crippen LogP contribution in [0.3, 0.4) is 0 Å². The molecule has 2 N–H and O–H groups in total. The van der Waals surface area contributed by atoms with Gasteiger partial charge in [-0.25, -0.2) is 13.1 Å². The smallest absolute Gasteiger partial charge is 0.273 e. The van der Waals surface area contributed by atoms with Gasteiger partial charge in [0.05, 0.1) is 6.54 Å². The van der Waals surface area contributed by atoms with Crippen molar-refractivity contribution < 1.29 is 12.8 Å². The zero-order valence-corrected chi connectivity index (χ0v) is 12.5. The van der Waals surface area contributed by atoms with E-state index in [0.717, 1.165) is 12.3 Å². The molecule has 1 aromatic rings. The first-order chi connectivity index (χ1) is 8.49. The minimum absolute atomic E-state index is 0.0426. The molecular formula is C11H20N2O3S2. The predicted molar refractivity (Wildman–Crippen MR) is 74.2 cm³/mol. The number of hydrogen-bond acceptors (Lipinski definition) is 5. The normalized spacial score (nSPS) is 13.7. The lowest BCUT2D eigenvalue weighted by atomic mass is 10.2. The standard InChI is InChI=1S/C11H20N2O3S2/c1-9(8-17-3)6-13-7-10-4-5-11(16-10)18(14,15)12-2/h4-5,9,12-13H,6-8H2,1-3H3. The van der Waals surface area contributed by atoms with E-state index in [1.54, 1.807) is 6.07 Å². The van der Waals surface area contributed by atoms with Crippen LogP contribution in [-0.2, 0) is 16.6 Å². The summed E-state index contributed by atoms with van der Waals surface area (Å²) >= 11 is 1.82. The van der Waals surface area contributed by atoms with Crippen LogP contribution >= 0.6 is 11.8 Å². The van der Waals surface area contributed by atoms with E-state index >= 15 is 0 Å². The quantitative estimate of drug-likeness (QED) is 0.755. The minimum Gasteiger partial charge on any atom is -0.447 e. The molecule has 0 amide bonds. The molecule has 0 aliphatic heterocycles. The molecule has 0 saturated heterocycles. The van der Waals surface area contributed by atoms with E-state index in [4.69, 9.17) is 4.42 Å². The van der Waals surface area contributed by atoms with Gasteiger partial charge in [0.1, 0.15) is 5.76 Å². The Balaban J connectivity index is 2.45. The second kappa shape index (κ2) is 7.18. The average molecular weight is 292 g/mol. The Labute approximate surface area is 113 Å². The lowest BCUT2D eigenvalue weighted by Crippen LogP contribution is -2.21. The summed E-state index contributed by atoms with van der Waals surface area (Å²) < 4.78 is 30.4. The molecule has 0 aliphatic rings. The highest BCUT2D eigenvalue weighted by Gasteiger charge is 2.16. The monoisotopic (exact) mass is 292 g/mol. The highest BCUT2D eigenvalue weighted by atomic mass is 32.2. The first kappa shape index (κ1) is 15.6. The van der Waals surface area contributed by atoms with Gasteiger partial charge in [-0.05, 0) is 43.7 Å². The third-order valence-electron chi connectivity index (χ3n) is 2.41. The number of hydrogen-bond donors (Lipinski definition) is 2. The molecule has 18 heavy (non-hydrogen) atoms. The molecule has 1 aromatic heterocycles. The van der Waals surface area contributed by atoms with Gasteiger partial charge in [0.2, 0.25) is 5.09 Å². The predicted octanol–water partition coefficient (Wildman–Crippen LogP) is 1.28. The maximum atomic E-state index is 11.5. The molecule has 1 unspecified atom stereocenters. The Kier molecular flexibility index (Phi) is 6.20. The Hall–Kier alpha value is -0.500. The second-order valence-corrected chi connectivity index (χ2v) is 6.85. The molecular weight excluding hydrogens is 272 g/mol. The fraction of sp³-hybridized carbons (Fsp3) is 0.636. The molecule has 0 bridgehead atoms. The van der Waals surface area contributed by atoms with Crippen molar-refractivity contribution >= 4 is 21.8 Å². The van der Waals surface area contributed by atoms with Gasteiger partial charge >= 0.3 is 0 Å². The number of nitrogens with one attached hydrogen (secondary N) is 2. The van der Waals surface area contributed by atoms with Gasteiger partial charge < -0.3 is 9.73 Å². The van der Waals surface area contributed by atoms with E-state index in [0.29, 0.717) is 18.2 Å². The van der Waals surface area contributed by atoms with E-state index in [1.807, 2.05) is 11.8 Å². The summed E-state index contributed by atoms with van der Waals surface area (Å²) in [5.74, 6) is 2.31. The third-order valence-corrected chi connectivity index (χ3v) is 4.60. The summed E-state index contributed by atoms with van der Waals surface area (Å²) in [5, 5.41) is 3.20. The van der Waals surface area contributed by atoms with E-state index in [2.05, 4.69) is 23.2 Å².